The molecule has 0 bridgehead atoms. The van der Waals surface area contributed by atoms with Gasteiger partial charge in [-0.2, -0.15) is 0 Å². The van der Waals surface area contributed by atoms with E-state index in [4.69, 9.17) is 0 Å². The first kappa shape index (κ1) is 17.3. The molecular formula is C25H17FN2O. The molecule has 3 nitrogen and oxygen atoms in total. The van der Waals surface area contributed by atoms with Crippen molar-refractivity contribution in [1.82, 2.24) is 9.55 Å². The topological polar surface area (TPSA) is 34.9 Å². The number of hydrogen-bond donors (Lipinski definition) is 0. The number of aromatic nitrogens is 2. The highest BCUT2D eigenvalue weighted by Crippen LogP contribution is 2.30. The molecule has 0 aliphatic carbocycles. The van der Waals surface area contributed by atoms with Crippen LogP contribution in [0, 0.1) is 12.7 Å². The molecule has 2 heterocycles. The zero-order valence-electron chi connectivity index (χ0n) is 15.8. The zero-order valence-corrected chi connectivity index (χ0v) is 15.8. The van der Waals surface area contributed by atoms with E-state index in [1.807, 2.05) is 61.5 Å². The molecule has 0 atom stereocenters. The van der Waals surface area contributed by atoms with E-state index < -0.39 is 0 Å². The van der Waals surface area contributed by atoms with Crippen LogP contribution in [0.15, 0.2) is 89.9 Å². The first-order chi connectivity index (χ1) is 14.1. The van der Waals surface area contributed by atoms with Gasteiger partial charge in [-0.3, -0.25) is 14.3 Å². The Morgan fingerprint density at radius 3 is 2.45 bits per heavy atom. The maximum atomic E-state index is 13.6. The van der Waals surface area contributed by atoms with Crippen molar-refractivity contribution < 1.29 is 4.39 Å². The summed E-state index contributed by atoms with van der Waals surface area (Å²) in [6.45, 7) is 1.97. The van der Waals surface area contributed by atoms with Crippen LogP contribution in [0.25, 0.3) is 38.6 Å². The molecule has 3 aromatic carbocycles. The SMILES string of the molecule is Cc1ccc2cccnc2c1-n1c(-c2ccc(F)cc2)cc2ccccc2c1=O. The second kappa shape index (κ2) is 6.67. The molecule has 5 aromatic rings. The summed E-state index contributed by atoms with van der Waals surface area (Å²) in [5.41, 5.74) is 3.79. The van der Waals surface area contributed by atoms with E-state index in [1.165, 1.54) is 12.1 Å². The average molecular weight is 380 g/mol. The highest BCUT2D eigenvalue weighted by molar-refractivity contribution is 5.91. The third kappa shape index (κ3) is 2.81. The molecule has 0 fully saturated rings. The van der Waals surface area contributed by atoms with E-state index in [0.29, 0.717) is 11.1 Å². The number of pyridine rings is 2. The average Bonchev–Trinajstić information content (AvgIpc) is 2.75. The standard InChI is InChI=1S/C25H17FN2O/c1-16-8-9-18-6-4-14-27-23(18)24(16)28-22(17-10-12-20(26)13-11-17)15-19-5-2-3-7-21(19)25(28)29/h2-15H,1H3. The van der Waals surface area contributed by atoms with Gasteiger partial charge in [0.05, 0.1) is 16.9 Å². The molecule has 4 heteroatoms. The van der Waals surface area contributed by atoms with Crippen LogP contribution in [-0.4, -0.2) is 9.55 Å². The van der Waals surface area contributed by atoms with Gasteiger partial charge in [-0.05, 0) is 65.9 Å². The number of rotatable bonds is 2. The summed E-state index contributed by atoms with van der Waals surface area (Å²) in [4.78, 5) is 18.2. The van der Waals surface area contributed by atoms with Crippen LogP contribution in [0.1, 0.15) is 5.56 Å². The third-order valence-electron chi connectivity index (χ3n) is 5.24. The van der Waals surface area contributed by atoms with Gasteiger partial charge in [0.15, 0.2) is 0 Å². The molecule has 140 valence electrons. The first-order valence-corrected chi connectivity index (χ1v) is 9.39. The van der Waals surface area contributed by atoms with Crippen molar-refractivity contribution in [3.8, 4) is 16.9 Å². The summed E-state index contributed by atoms with van der Waals surface area (Å²) in [5, 5.41) is 2.43. The van der Waals surface area contributed by atoms with Gasteiger partial charge in [0.25, 0.3) is 5.56 Å². The Morgan fingerprint density at radius 2 is 1.62 bits per heavy atom. The fourth-order valence-electron chi connectivity index (χ4n) is 3.83. The van der Waals surface area contributed by atoms with E-state index in [0.717, 1.165) is 33.1 Å². The lowest BCUT2D eigenvalue weighted by Gasteiger charge is -2.18. The third-order valence-corrected chi connectivity index (χ3v) is 5.24. The predicted molar refractivity (Wildman–Crippen MR) is 115 cm³/mol. The Hall–Kier alpha value is -3.79. The second-order valence-electron chi connectivity index (χ2n) is 7.07. The van der Waals surface area contributed by atoms with Crippen molar-refractivity contribution in [3.63, 3.8) is 0 Å². The molecular weight excluding hydrogens is 363 g/mol. The van der Waals surface area contributed by atoms with Crippen molar-refractivity contribution in [2.75, 3.05) is 0 Å². The van der Waals surface area contributed by atoms with Gasteiger partial charge in [0.2, 0.25) is 0 Å². The lowest BCUT2D eigenvalue weighted by Crippen LogP contribution is -2.21. The van der Waals surface area contributed by atoms with Crippen LogP contribution in [0.4, 0.5) is 4.39 Å². The van der Waals surface area contributed by atoms with E-state index in [2.05, 4.69) is 4.98 Å². The van der Waals surface area contributed by atoms with Crippen molar-refractivity contribution in [2.45, 2.75) is 6.92 Å². The number of nitrogens with zero attached hydrogens (tertiary/aromatic N) is 2. The highest BCUT2D eigenvalue weighted by Gasteiger charge is 2.17. The lowest BCUT2D eigenvalue weighted by molar-refractivity contribution is 0.628. The minimum Gasteiger partial charge on any atom is -0.274 e. The second-order valence-corrected chi connectivity index (χ2v) is 7.07. The van der Waals surface area contributed by atoms with Crippen LogP contribution >= 0.6 is 0 Å². The summed E-state index contributed by atoms with van der Waals surface area (Å²) in [5.74, 6) is -0.313. The number of halogens is 1. The molecule has 0 radical (unpaired) electrons. The Kier molecular flexibility index (Phi) is 3.98. The minimum absolute atomic E-state index is 0.122. The van der Waals surface area contributed by atoms with E-state index in [1.54, 1.807) is 22.9 Å². The molecule has 0 unspecified atom stereocenters. The minimum atomic E-state index is -0.313. The number of hydrogen-bond acceptors (Lipinski definition) is 2. The Labute approximate surface area is 166 Å². The Morgan fingerprint density at radius 1 is 0.862 bits per heavy atom. The van der Waals surface area contributed by atoms with E-state index in [-0.39, 0.29) is 11.4 Å². The fraction of sp³-hybridized carbons (Fsp3) is 0.0400. The number of fused-ring (bicyclic) bond motifs is 2. The molecule has 29 heavy (non-hydrogen) atoms. The molecule has 0 amide bonds. The first-order valence-electron chi connectivity index (χ1n) is 9.39. The van der Waals surface area contributed by atoms with Gasteiger partial charge in [0.1, 0.15) is 5.82 Å². The van der Waals surface area contributed by atoms with Gasteiger partial charge in [-0.25, -0.2) is 4.39 Å². The molecule has 0 aliphatic rings. The predicted octanol–water partition coefficient (Wildman–Crippen LogP) is 5.65. The summed E-state index contributed by atoms with van der Waals surface area (Å²) in [6, 6.07) is 23.6. The monoisotopic (exact) mass is 380 g/mol. The smallest absolute Gasteiger partial charge is 0.263 e. The van der Waals surface area contributed by atoms with Gasteiger partial charge in [0, 0.05) is 17.0 Å². The van der Waals surface area contributed by atoms with Crippen molar-refractivity contribution >= 4 is 21.7 Å². The van der Waals surface area contributed by atoms with Crippen LogP contribution < -0.4 is 5.56 Å². The van der Waals surface area contributed by atoms with Crippen LogP contribution in [0.5, 0.6) is 0 Å². The Bertz CT molecular complexity index is 1440. The zero-order chi connectivity index (χ0) is 20.0. The molecule has 2 aromatic heterocycles. The molecule has 0 aliphatic heterocycles. The molecule has 0 saturated heterocycles. The summed E-state index contributed by atoms with van der Waals surface area (Å²) in [6.07, 6.45) is 1.73. The van der Waals surface area contributed by atoms with E-state index >= 15 is 0 Å². The lowest BCUT2D eigenvalue weighted by atomic mass is 10.0. The highest BCUT2D eigenvalue weighted by atomic mass is 19.1. The van der Waals surface area contributed by atoms with Gasteiger partial charge < -0.3 is 0 Å². The van der Waals surface area contributed by atoms with Crippen molar-refractivity contribution in [3.05, 3.63) is 107 Å². The van der Waals surface area contributed by atoms with Crippen molar-refractivity contribution in [2.24, 2.45) is 0 Å². The number of benzene rings is 3. The summed E-state index contributed by atoms with van der Waals surface area (Å²) >= 11 is 0. The quantitative estimate of drug-likeness (QED) is 0.396. The number of aryl methyl sites for hydroxylation is 1. The Balaban J connectivity index is 1.97. The van der Waals surface area contributed by atoms with E-state index in [9.17, 15) is 9.18 Å². The van der Waals surface area contributed by atoms with Crippen molar-refractivity contribution in [1.29, 1.82) is 0 Å². The van der Waals surface area contributed by atoms with Crippen LogP contribution in [-0.2, 0) is 0 Å². The van der Waals surface area contributed by atoms with Gasteiger partial charge >= 0.3 is 0 Å². The largest absolute Gasteiger partial charge is 0.274 e. The summed E-state index contributed by atoms with van der Waals surface area (Å²) in [7, 11) is 0. The molecule has 0 N–H and O–H groups in total. The van der Waals surface area contributed by atoms with Gasteiger partial charge in [-0.15, -0.1) is 0 Å². The van der Waals surface area contributed by atoms with Crippen LogP contribution in [0.2, 0.25) is 0 Å². The molecule has 0 saturated carbocycles. The van der Waals surface area contributed by atoms with Gasteiger partial charge in [-0.1, -0.05) is 36.4 Å². The fourth-order valence-corrected chi connectivity index (χ4v) is 3.83. The summed E-state index contributed by atoms with van der Waals surface area (Å²) < 4.78 is 15.3. The van der Waals surface area contributed by atoms with Crippen LogP contribution in [0.3, 0.4) is 0 Å². The normalized spacial score (nSPS) is 11.2. The molecule has 5 rings (SSSR count). The maximum Gasteiger partial charge on any atom is 0.263 e. The maximum absolute atomic E-state index is 13.6. The molecule has 0 spiro atoms.